The lowest BCUT2D eigenvalue weighted by molar-refractivity contribution is 0.282. The molecule has 0 aliphatic carbocycles. The Morgan fingerprint density at radius 3 is 1.51 bits per heavy atom. The number of hydrogen-bond acceptors (Lipinski definition) is 30. The Morgan fingerprint density at radius 2 is 1.00 bits per heavy atom. The van der Waals surface area contributed by atoms with Crippen LogP contribution >= 0.6 is 11.6 Å². The van der Waals surface area contributed by atoms with Gasteiger partial charge in [0, 0.05) is 5.69 Å². The molecule has 0 saturated carbocycles. The van der Waals surface area contributed by atoms with Gasteiger partial charge in [0.25, 0.3) is 40.5 Å². The van der Waals surface area contributed by atoms with E-state index in [1.807, 2.05) is 0 Å². The summed E-state index contributed by atoms with van der Waals surface area (Å²) in [7, 11) is -40.9. The number of nitrogens with zero attached hydrogens (tertiary/aromatic N) is 7. The Balaban J connectivity index is 1.40. The van der Waals surface area contributed by atoms with Crippen molar-refractivity contribution in [2.45, 2.75) is 29.4 Å². The molecule has 12 N–H and O–H groups in total. The van der Waals surface area contributed by atoms with Crippen LogP contribution < -0.4 is 16.4 Å². The third kappa shape index (κ3) is 15.5. The first-order valence-electron chi connectivity index (χ1n) is 20.2. The number of rotatable bonds is 22. The molecule has 6 rings (SSSR count). The number of nitrogens with one attached hydrogen (secondary N) is 2. The summed E-state index contributed by atoms with van der Waals surface area (Å²) in [4.78, 5) is 4.83. The topological polar surface area (TPSA) is 592 Å². The molecule has 0 unspecified atom stereocenters. The smallest absolute Gasteiger partial charge is 0.397 e. The number of benzene rings is 5. The van der Waals surface area contributed by atoms with Crippen LogP contribution in [0.5, 0.6) is 11.5 Å². The molecule has 0 radical (unpaired) electrons. The van der Waals surface area contributed by atoms with E-state index in [0.717, 1.165) is 36.4 Å². The highest BCUT2D eigenvalue weighted by molar-refractivity contribution is 7.92. The van der Waals surface area contributed by atoms with Gasteiger partial charge in [0.1, 0.15) is 36.6 Å². The van der Waals surface area contributed by atoms with Crippen molar-refractivity contribution in [3.63, 3.8) is 0 Å². The van der Waals surface area contributed by atoms with Crippen LogP contribution in [0.2, 0.25) is 5.28 Å². The van der Waals surface area contributed by atoms with E-state index < -0.39 is 203 Å². The van der Waals surface area contributed by atoms with E-state index in [1.54, 1.807) is 0 Å². The molecule has 5 aromatic carbocycles. The number of nitrogens with two attached hydrogens (primary N) is 1. The maximum Gasteiger partial charge on any atom is 0.397 e. The van der Waals surface area contributed by atoms with Gasteiger partial charge in [-0.1, -0.05) is 0 Å². The second-order valence-electron chi connectivity index (χ2n) is 15.2. The standard InChI is InChI=1S/C35H31ClN10O26S8/c36-33-40-34(42-35(41-33)39-22-14-20(15-26(31(22)47)78(62,63)64)74(51,52)10-8-72-80(68,69)70)38-18-3-6-23(75(53,54)55)21(13-18)44-46-30-25(77(59,60)61)12-16-11-24(76(56,57)58)29(28(37)27(16)32(30)48)45-43-17-1-4-19(5-2-17)73(49,50)9-7-71-79(65,66)67/h1-6,11-15,47-48H,7-10,37H2,(H,53,54,55)(H,56,57,58)(H,59,60,61)(H,62,63,64)(H,65,66,67)(H,68,69,70)(H2,38,39,40,41,42). The van der Waals surface area contributed by atoms with Crippen molar-refractivity contribution < 1.29 is 113 Å². The van der Waals surface area contributed by atoms with Crippen molar-refractivity contribution in [1.29, 1.82) is 0 Å². The van der Waals surface area contributed by atoms with E-state index in [1.165, 1.54) is 0 Å². The summed E-state index contributed by atoms with van der Waals surface area (Å²) >= 11 is 6.04. The van der Waals surface area contributed by atoms with E-state index in [-0.39, 0.29) is 17.4 Å². The monoisotopic (exact) mass is 1300 g/mol. The Kier molecular flexibility index (Phi) is 17.6. The number of halogens is 1. The first-order valence-corrected chi connectivity index (χ1v) is 32.3. The second-order valence-corrected chi connectivity index (χ2v) is 27.5. The number of fused-ring (bicyclic) bond motifs is 1. The molecule has 0 spiro atoms. The lowest BCUT2D eigenvalue weighted by Crippen LogP contribution is -2.16. The van der Waals surface area contributed by atoms with Crippen LogP contribution in [0.3, 0.4) is 0 Å². The molecule has 1 aromatic heterocycles. The predicted octanol–water partition coefficient (Wildman–Crippen LogP) is 3.16. The average molecular weight is 1300 g/mol. The molecule has 0 aliphatic rings. The van der Waals surface area contributed by atoms with Crippen LogP contribution in [0.15, 0.2) is 117 Å². The molecule has 0 atom stereocenters. The molecular formula is C35H31ClN10O26S8. The quantitative estimate of drug-likeness (QED) is 0.0201. The fourth-order valence-electron chi connectivity index (χ4n) is 6.43. The van der Waals surface area contributed by atoms with Crippen molar-refractivity contribution in [2.75, 3.05) is 41.1 Å². The van der Waals surface area contributed by atoms with E-state index in [2.05, 4.69) is 54.4 Å². The zero-order valence-electron chi connectivity index (χ0n) is 38.5. The Morgan fingerprint density at radius 1 is 0.512 bits per heavy atom. The molecule has 0 bridgehead atoms. The molecule has 432 valence electrons. The van der Waals surface area contributed by atoms with Gasteiger partial charge < -0.3 is 26.6 Å². The Labute approximate surface area is 454 Å². The SMILES string of the molecule is Nc1c(N=Nc2ccc(S(=O)(=O)CCOS(=O)(=O)O)cc2)c(S(=O)(=O)O)cc2cc(S(=O)(=O)O)c(N=Nc3cc(Nc4nc(Cl)nc(Nc5cc(S(=O)(=O)CCOS(=O)(=O)O)cc(S(=O)(=O)O)c5O)n4)ccc3S(=O)(=O)O)c(O)c12. The number of sulfone groups is 2. The van der Waals surface area contributed by atoms with Crippen LogP contribution in [0, 0.1) is 0 Å². The van der Waals surface area contributed by atoms with Crippen molar-refractivity contribution in [3.8, 4) is 11.5 Å². The van der Waals surface area contributed by atoms with Gasteiger partial charge in [-0.2, -0.15) is 70.6 Å². The summed E-state index contributed by atoms with van der Waals surface area (Å²) in [6.07, 6.45) is 0. The van der Waals surface area contributed by atoms with E-state index in [9.17, 15) is 95.8 Å². The Bertz CT molecular complexity index is 4560. The highest BCUT2D eigenvalue weighted by Crippen LogP contribution is 2.49. The number of phenols is 2. The molecular weight excluding hydrogens is 1270 g/mol. The normalized spacial score (nSPS) is 13.3. The van der Waals surface area contributed by atoms with Crippen LogP contribution in [-0.4, -0.2) is 145 Å². The zero-order valence-corrected chi connectivity index (χ0v) is 45.7. The van der Waals surface area contributed by atoms with Crippen molar-refractivity contribution in [3.05, 3.63) is 72.0 Å². The van der Waals surface area contributed by atoms with Gasteiger partial charge in [-0.3, -0.25) is 27.3 Å². The first kappa shape index (κ1) is 62.3. The highest BCUT2D eigenvalue weighted by Gasteiger charge is 2.30. The molecule has 36 nitrogen and oxygen atoms in total. The summed E-state index contributed by atoms with van der Waals surface area (Å²) < 4.78 is 260. The van der Waals surface area contributed by atoms with Crippen LogP contribution in [0.1, 0.15) is 0 Å². The number of hydrogen-bond donors (Lipinski definition) is 11. The van der Waals surface area contributed by atoms with Crippen molar-refractivity contribution in [2.24, 2.45) is 20.5 Å². The molecule has 0 amide bonds. The fourth-order valence-corrected chi connectivity index (χ4v) is 12.2. The second kappa shape index (κ2) is 22.6. The maximum atomic E-state index is 13.0. The van der Waals surface area contributed by atoms with Gasteiger partial charge in [-0.05, 0) is 83.7 Å². The van der Waals surface area contributed by atoms with Crippen LogP contribution in [-0.2, 0) is 89.3 Å². The number of aromatic nitrogens is 3. The summed E-state index contributed by atoms with van der Waals surface area (Å²) in [6.45, 7) is -2.17. The maximum absolute atomic E-state index is 13.0. The summed E-state index contributed by atoms with van der Waals surface area (Å²) in [5.41, 5.74) is 0.667. The molecule has 1 heterocycles. The number of aromatic hydroxyl groups is 2. The molecule has 80 heavy (non-hydrogen) atoms. The van der Waals surface area contributed by atoms with Gasteiger partial charge in [0.05, 0.1) is 57.0 Å². The number of nitrogen functional groups attached to an aromatic ring is 1. The summed E-state index contributed by atoms with van der Waals surface area (Å²) in [6, 6.07) is 7.97. The first-order chi connectivity index (χ1) is 36.5. The number of anilines is 5. The fraction of sp³-hybridized carbons (Fsp3) is 0.114. The van der Waals surface area contributed by atoms with Gasteiger partial charge in [0.15, 0.2) is 31.2 Å². The molecule has 6 aromatic rings. The molecule has 45 heteroatoms. The number of azo groups is 2. The third-order valence-electron chi connectivity index (χ3n) is 9.79. The lowest BCUT2D eigenvalue weighted by atomic mass is 10.1. The molecule has 0 aliphatic heterocycles. The third-order valence-corrected chi connectivity index (χ3v) is 17.7. The van der Waals surface area contributed by atoms with E-state index in [0.29, 0.717) is 24.3 Å². The molecule has 0 fully saturated rings. The number of phenolic OH excluding ortho intramolecular Hbond substituents is 2. The average Bonchev–Trinajstić information content (AvgIpc) is 3.35. The van der Waals surface area contributed by atoms with E-state index >= 15 is 0 Å². The van der Waals surface area contributed by atoms with Crippen molar-refractivity contribution >= 4 is 155 Å². The Hall–Kier alpha value is -6.86. The lowest BCUT2D eigenvalue weighted by Gasteiger charge is -2.14. The van der Waals surface area contributed by atoms with Gasteiger partial charge in [-0.15, -0.1) is 15.3 Å². The van der Waals surface area contributed by atoms with Crippen LogP contribution in [0.25, 0.3) is 10.8 Å². The molecule has 0 saturated heterocycles. The van der Waals surface area contributed by atoms with Crippen molar-refractivity contribution in [1.82, 2.24) is 15.0 Å². The van der Waals surface area contributed by atoms with E-state index in [4.69, 9.17) is 26.4 Å². The predicted molar refractivity (Wildman–Crippen MR) is 269 cm³/mol. The highest BCUT2D eigenvalue weighted by atomic mass is 35.5. The summed E-state index contributed by atoms with van der Waals surface area (Å²) in [5, 5.41) is 39.5. The zero-order chi connectivity index (χ0) is 59.9. The summed E-state index contributed by atoms with van der Waals surface area (Å²) in [5.74, 6) is -6.27. The van der Waals surface area contributed by atoms with Crippen LogP contribution in [0.4, 0.5) is 51.7 Å². The van der Waals surface area contributed by atoms with Gasteiger partial charge >= 0.3 is 20.8 Å². The van der Waals surface area contributed by atoms with Gasteiger partial charge in [0.2, 0.25) is 17.2 Å². The van der Waals surface area contributed by atoms with Gasteiger partial charge in [-0.25, -0.2) is 25.2 Å². The minimum atomic E-state index is -5.58. The minimum Gasteiger partial charge on any atom is -0.505 e. The largest absolute Gasteiger partial charge is 0.505 e. The minimum absolute atomic E-state index is 0.247.